The van der Waals surface area contributed by atoms with E-state index in [-0.39, 0.29) is 11.7 Å². The molecular weight excluding hydrogens is 309 g/mol. The molecule has 2 aliphatic rings. The van der Waals surface area contributed by atoms with E-state index in [9.17, 15) is 9.18 Å². The lowest BCUT2D eigenvalue weighted by Gasteiger charge is -2.29. The smallest absolute Gasteiger partial charge is 0.269 e. The molecule has 2 aliphatic heterocycles. The average Bonchev–Trinajstić information content (AvgIpc) is 2.76. The van der Waals surface area contributed by atoms with Gasteiger partial charge in [-0.15, -0.1) is 0 Å². The Morgan fingerprint density at radius 2 is 2.17 bits per heavy atom. The van der Waals surface area contributed by atoms with E-state index in [1.54, 1.807) is 12.1 Å². The largest absolute Gasteiger partial charge is 0.379 e. The van der Waals surface area contributed by atoms with Crippen LogP contribution in [0.5, 0.6) is 0 Å². The second-order valence-electron chi connectivity index (χ2n) is 6.88. The number of benzene rings is 1. The van der Waals surface area contributed by atoms with Crippen LogP contribution in [-0.4, -0.2) is 53.2 Å². The van der Waals surface area contributed by atoms with Crippen molar-refractivity contribution in [3.8, 4) is 0 Å². The molecule has 1 aromatic rings. The number of halogens is 1. The minimum Gasteiger partial charge on any atom is -0.379 e. The van der Waals surface area contributed by atoms with Gasteiger partial charge in [-0.3, -0.25) is 9.69 Å². The first-order valence-electron chi connectivity index (χ1n) is 8.44. The highest BCUT2D eigenvalue weighted by Crippen LogP contribution is 2.26. The highest BCUT2D eigenvalue weighted by atomic mass is 19.1. The molecule has 5 nitrogen and oxygen atoms in total. The standard InChI is InChI=1S/C18H24FN3O2/c1-14-12-18(2,24-20-14)17(23)22-8-4-7-21(9-10-22)13-15-5-3-6-16(19)11-15/h3,5-6,11H,4,7-10,12-13H2,1-2H3/t18-/m0/s1. The molecule has 0 bridgehead atoms. The van der Waals surface area contributed by atoms with Gasteiger partial charge >= 0.3 is 0 Å². The second kappa shape index (κ2) is 6.89. The molecule has 1 aromatic carbocycles. The first kappa shape index (κ1) is 16.9. The first-order chi connectivity index (χ1) is 11.5. The normalized spacial score (nSPS) is 25.1. The Morgan fingerprint density at radius 3 is 2.88 bits per heavy atom. The molecule has 3 rings (SSSR count). The van der Waals surface area contributed by atoms with Gasteiger partial charge in [-0.25, -0.2) is 4.39 Å². The van der Waals surface area contributed by atoms with Crippen LogP contribution >= 0.6 is 0 Å². The molecule has 0 unspecified atom stereocenters. The molecule has 0 spiro atoms. The summed E-state index contributed by atoms with van der Waals surface area (Å²) < 4.78 is 13.3. The van der Waals surface area contributed by atoms with Crippen LogP contribution in [-0.2, 0) is 16.2 Å². The van der Waals surface area contributed by atoms with Crippen LogP contribution in [0.3, 0.4) is 0 Å². The lowest BCUT2D eigenvalue weighted by molar-refractivity contribution is -0.153. The predicted molar refractivity (Wildman–Crippen MR) is 90.1 cm³/mol. The number of hydrogen-bond donors (Lipinski definition) is 0. The van der Waals surface area contributed by atoms with Crippen molar-refractivity contribution in [1.82, 2.24) is 9.80 Å². The monoisotopic (exact) mass is 333 g/mol. The summed E-state index contributed by atoms with van der Waals surface area (Å²) in [5.41, 5.74) is 0.959. The maximum atomic E-state index is 13.3. The fourth-order valence-corrected chi connectivity index (χ4v) is 3.41. The average molecular weight is 333 g/mol. The van der Waals surface area contributed by atoms with Crippen LogP contribution in [0.1, 0.15) is 32.3 Å². The van der Waals surface area contributed by atoms with Gasteiger partial charge in [0, 0.05) is 39.1 Å². The summed E-state index contributed by atoms with van der Waals surface area (Å²) >= 11 is 0. The van der Waals surface area contributed by atoms with Crippen molar-refractivity contribution < 1.29 is 14.0 Å². The summed E-state index contributed by atoms with van der Waals surface area (Å²) in [4.78, 5) is 22.3. The third kappa shape index (κ3) is 3.75. The number of rotatable bonds is 3. The molecule has 0 N–H and O–H groups in total. The van der Waals surface area contributed by atoms with Crippen LogP contribution < -0.4 is 0 Å². The second-order valence-corrected chi connectivity index (χ2v) is 6.88. The van der Waals surface area contributed by atoms with Crippen molar-refractivity contribution in [2.24, 2.45) is 5.16 Å². The van der Waals surface area contributed by atoms with E-state index in [2.05, 4.69) is 10.1 Å². The predicted octanol–water partition coefficient (Wildman–Crippen LogP) is 2.41. The van der Waals surface area contributed by atoms with E-state index < -0.39 is 5.60 Å². The topological polar surface area (TPSA) is 45.1 Å². The van der Waals surface area contributed by atoms with Crippen LogP contribution in [0.2, 0.25) is 0 Å². The van der Waals surface area contributed by atoms with Gasteiger partial charge in [0.05, 0.1) is 5.71 Å². The zero-order chi connectivity index (χ0) is 17.2. The fraction of sp³-hybridized carbons (Fsp3) is 0.556. The van der Waals surface area contributed by atoms with Crippen molar-refractivity contribution in [3.63, 3.8) is 0 Å². The summed E-state index contributed by atoms with van der Waals surface area (Å²) in [6, 6.07) is 6.70. The summed E-state index contributed by atoms with van der Waals surface area (Å²) in [7, 11) is 0. The Bertz CT molecular complexity index is 649. The lowest BCUT2D eigenvalue weighted by atomic mass is 9.98. The maximum Gasteiger partial charge on any atom is 0.269 e. The Labute approximate surface area is 142 Å². The number of carbonyl (C=O) groups excluding carboxylic acids is 1. The van der Waals surface area contributed by atoms with Crippen LogP contribution in [0.15, 0.2) is 29.4 Å². The highest BCUT2D eigenvalue weighted by Gasteiger charge is 2.43. The van der Waals surface area contributed by atoms with Gasteiger partial charge in [0.1, 0.15) is 5.82 Å². The van der Waals surface area contributed by atoms with Gasteiger partial charge in [0.25, 0.3) is 5.91 Å². The summed E-state index contributed by atoms with van der Waals surface area (Å²) in [5, 5.41) is 3.93. The molecule has 1 saturated heterocycles. The summed E-state index contributed by atoms with van der Waals surface area (Å²) in [5.74, 6) is -0.198. The number of hydrogen-bond acceptors (Lipinski definition) is 4. The molecule has 2 heterocycles. The van der Waals surface area contributed by atoms with Gasteiger partial charge < -0.3 is 9.74 Å². The van der Waals surface area contributed by atoms with Crippen molar-refractivity contribution in [1.29, 1.82) is 0 Å². The van der Waals surface area contributed by atoms with Crippen LogP contribution in [0.25, 0.3) is 0 Å². The van der Waals surface area contributed by atoms with Crippen LogP contribution in [0.4, 0.5) is 4.39 Å². The number of amides is 1. The van der Waals surface area contributed by atoms with Crippen molar-refractivity contribution in [2.45, 2.75) is 38.8 Å². The third-order valence-corrected chi connectivity index (χ3v) is 4.62. The Morgan fingerprint density at radius 1 is 1.33 bits per heavy atom. The Kier molecular flexibility index (Phi) is 4.85. The van der Waals surface area contributed by atoms with Crippen LogP contribution in [0, 0.1) is 5.82 Å². The van der Waals surface area contributed by atoms with E-state index in [0.29, 0.717) is 19.5 Å². The summed E-state index contributed by atoms with van der Waals surface area (Å²) in [6.07, 6.45) is 1.45. The van der Waals surface area contributed by atoms with E-state index in [1.807, 2.05) is 24.8 Å². The van der Waals surface area contributed by atoms with E-state index >= 15 is 0 Å². The van der Waals surface area contributed by atoms with Crippen molar-refractivity contribution in [2.75, 3.05) is 26.2 Å². The number of nitrogens with zero attached hydrogens (tertiary/aromatic N) is 3. The molecule has 0 radical (unpaired) electrons. The third-order valence-electron chi connectivity index (χ3n) is 4.62. The van der Waals surface area contributed by atoms with Gasteiger partial charge in [-0.2, -0.15) is 0 Å². The van der Waals surface area contributed by atoms with E-state index in [1.165, 1.54) is 6.07 Å². The lowest BCUT2D eigenvalue weighted by Crippen LogP contribution is -2.48. The van der Waals surface area contributed by atoms with Gasteiger partial charge in [-0.05, 0) is 38.0 Å². The fourth-order valence-electron chi connectivity index (χ4n) is 3.41. The molecular formula is C18H24FN3O2. The molecule has 0 aliphatic carbocycles. The molecule has 1 fully saturated rings. The molecule has 6 heteroatoms. The minimum atomic E-state index is -0.859. The minimum absolute atomic E-state index is 0.00991. The molecule has 0 aromatic heterocycles. The van der Waals surface area contributed by atoms with Crippen molar-refractivity contribution in [3.05, 3.63) is 35.6 Å². The maximum absolute atomic E-state index is 13.3. The Balaban J connectivity index is 1.58. The molecule has 0 saturated carbocycles. The molecule has 1 atom stereocenters. The van der Waals surface area contributed by atoms with Gasteiger partial charge in [0.15, 0.2) is 0 Å². The van der Waals surface area contributed by atoms with E-state index in [4.69, 9.17) is 4.84 Å². The van der Waals surface area contributed by atoms with Crippen molar-refractivity contribution >= 4 is 11.6 Å². The molecule has 24 heavy (non-hydrogen) atoms. The summed E-state index contributed by atoms with van der Waals surface area (Å²) in [6.45, 7) is 7.44. The zero-order valence-electron chi connectivity index (χ0n) is 14.3. The zero-order valence-corrected chi connectivity index (χ0v) is 14.3. The quantitative estimate of drug-likeness (QED) is 0.853. The van der Waals surface area contributed by atoms with Gasteiger partial charge in [0.2, 0.25) is 5.60 Å². The van der Waals surface area contributed by atoms with E-state index in [0.717, 1.165) is 37.3 Å². The first-order valence-corrected chi connectivity index (χ1v) is 8.44. The number of oxime groups is 1. The SMILES string of the molecule is CC1=NO[C@](C)(C(=O)N2CCCN(Cc3cccc(F)c3)CC2)C1. The molecule has 130 valence electrons. The highest BCUT2D eigenvalue weighted by molar-refractivity contribution is 5.94. The Hall–Kier alpha value is -1.95. The van der Waals surface area contributed by atoms with Gasteiger partial charge in [-0.1, -0.05) is 17.3 Å². The number of carbonyl (C=O) groups is 1. The molecule has 1 amide bonds.